The number of rotatable bonds is 6. The van der Waals surface area contributed by atoms with E-state index in [1.54, 1.807) is 0 Å². The van der Waals surface area contributed by atoms with E-state index in [0.29, 0.717) is 25.2 Å². The van der Waals surface area contributed by atoms with E-state index in [1.165, 1.54) is 5.56 Å². The van der Waals surface area contributed by atoms with Crippen LogP contribution in [0, 0.1) is 0 Å². The lowest BCUT2D eigenvalue weighted by molar-refractivity contribution is -0.119. The highest BCUT2D eigenvalue weighted by Crippen LogP contribution is 2.12. The molecule has 0 radical (unpaired) electrons. The van der Waals surface area contributed by atoms with Gasteiger partial charge in [0.25, 0.3) is 0 Å². The Morgan fingerprint density at radius 2 is 1.87 bits per heavy atom. The minimum absolute atomic E-state index is 0.309. The third-order valence-corrected chi connectivity index (χ3v) is 2.79. The summed E-state index contributed by atoms with van der Waals surface area (Å²) in [7, 11) is 0. The summed E-state index contributed by atoms with van der Waals surface area (Å²) in [5, 5.41) is 0. The Balaban J connectivity index is 2.30. The Morgan fingerprint density at radius 3 is 2.47 bits per heavy atom. The number of halogens is 1. The van der Waals surface area contributed by atoms with Crippen LogP contribution in [0.5, 0.6) is 0 Å². The number of hydrogen-bond acceptors (Lipinski definition) is 2. The molecular formula is C12H16BrNO. The minimum Gasteiger partial charge on any atom is -0.330 e. The van der Waals surface area contributed by atoms with Gasteiger partial charge in [-0.1, -0.05) is 28.1 Å². The smallest absolute Gasteiger partial charge is 0.133 e. The van der Waals surface area contributed by atoms with Crippen molar-refractivity contribution in [3.8, 4) is 0 Å². The second-order valence-corrected chi connectivity index (χ2v) is 4.47. The molecule has 3 heteroatoms. The average molecular weight is 270 g/mol. The average Bonchev–Trinajstić information content (AvgIpc) is 2.25. The van der Waals surface area contributed by atoms with Gasteiger partial charge in [-0.3, -0.25) is 4.79 Å². The summed E-state index contributed by atoms with van der Waals surface area (Å²) in [6.45, 7) is 0.601. The van der Waals surface area contributed by atoms with Crippen molar-refractivity contribution in [2.24, 2.45) is 5.73 Å². The van der Waals surface area contributed by atoms with Crippen LogP contribution in [-0.4, -0.2) is 12.3 Å². The second-order valence-electron chi connectivity index (χ2n) is 3.56. The quantitative estimate of drug-likeness (QED) is 0.863. The highest BCUT2D eigenvalue weighted by atomic mass is 79.9. The molecule has 1 aromatic carbocycles. The lowest BCUT2D eigenvalue weighted by atomic mass is 10.1. The number of carbonyl (C=O) groups is 1. The van der Waals surface area contributed by atoms with Crippen LogP contribution in [0.15, 0.2) is 28.7 Å². The first-order valence-corrected chi connectivity index (χ1v) is 5.98. The first-order chi connectivity index (χ1) is 7.22. The SMILES string of the molecule is NCCCC(=O)CCc1ccc(Br)cc1. The lowest BCUT2D eigenvalue weighted by Gasteiger charge is -2.01. The Kier molecular flexibility index (Phi) is 5.58. The van der Waals surface area contributed by atoms with Crippen molar-refractivity contribution >= 4 is 21.7 Å². The zero-order valence-corrected chi connectivity index (χ0v) is 10.3. The molecule has 2 nitrogen and oxygen atoms in total. The molecule has 0 aromatic heterocycles. The van der Waals surface area contributed by atoms with Gasteiger partial charge in [0.05, 0.1) is 0 Å². The Labute approximate surface area is 99.0 Å². The Morgan fingerprint density at radius 1 is 1.20 bits per heavy atom. The number of ketones is 1. The van der Waals surface area contributed by atoms with Crippen molar-refractivity contribution in [3.63, 3.8) is 0 Å². The van der Waals surface area contributed by atoms with Crippen LogP contribution in [-0.2, 0) is 11.2 Å². The molecule has 0 saturated heterocycles. The summed E-state index contributed by atoms with van der Waals surface area (Å²) < 4.78 is 1.07. The molecule has 2 N–H and O–H groups in total. The van der Waals surface area contributed by atoms with Crippen molar-refractivity contribution in [2.75, 3.05) is 6.54 Å². The molecule has 0 unspecified atom stereocenters. The molecule has 0 fully saturated rings. The van der Waals surface area contributed by atoms with Crippen LogP contribution in [0.25, 0.3) is 0 Å². The molecule has 0 aliphatic carbocycles. The number of nitrogens with two attached hydrogens (primary N) is 1. The third-order valence-electron chi connectivity index (χ3n) is 2.27. The molecule has 0 spiro atoms. The van der Waals surface area contributed by atoms with Gasteiger partial charge in [0.15, 0.2) is 0 Å². The van der Waals surface area contributed by atoms with Crippen molar-refractivity contribution in [3.05, 3.63) is 34.3 Å². The predicted octanol–water partition coefficient (Wildman–Crippen LogP) is 2.69. The van der Waals surface area contributed by atoms with Gasteiger partial charge in [-0.2, -0.15) is 0 Å². The topological polar surface area (TPSA) is 43.1 Å². The Hall–Kier alpha value is -0.670. The lowest BCUT2D eigenvalue weighted by Crippen LogP contribution is -2.05. The van der Waals surface area contributed by atoms with Gasteiger partial charge in [-0.05, 0) is 37.1 Å². The fraction of sp³-hybridized carbons (Fsp3) is 0.417. The van der Waals surface area contributed by atoms with E-state index in [0.717, 1.165) is 17.3 Å². The van der Waals surface area contributed by atoms with E-state index in [-0.39, 0.29) is 0 Å². The largest absolute Gasteiger partial charge is 0.330 e. The minimum atomic E-state index is 0.309. The van der Waals surface area contributed by atoms with Crippen LogP contribution in [0.4, 0.5) is 0 Å². The second kappa shape index (κ2) is 6.75. The van der Waals surface area contributed by atoms with E-state index in [4.69, 9.17) is 5.73 Å². The molecule has 15 heavy (non-hydrogen) atoms. The fourth-order valence-electron chi connectivity index (χ4n) is 1.36. The van der Waals surface area contributed by atoms with E-state index in [1.807, 2.05) is 24.3 Å². The van der Waals surface area contributed by atoms with Crippen molar-refractivity contribution in [2.45, 2.75) is 25.7 Å². The Bertz CT molecular complexity index is 308. The maximum atomic E-state index is 11.4. The monoisotopic (exact) mass is 269 g/mol. The molecule has 0 amide bonds. The van der Waals surface area contributed by atoms with Crippen molar-refractivity contribution in [1.29, 1.82) is 0 Å². The normalized spacial score (nSPS) is 10.3. The zero-order valence-electron chi connectivity index (χ0n) is 8.71. The van der Waals surface area contributed by atoms with Gasteiger partial charge in [0.2, 0.25) is 0 Å². The molecule has 0 saturated carbocycles. The standard InChI is InChI=1S/C12H16BrNO/c13-11-6-3-10(4-7-11)5-8-12(15)2-1-9-14/h3-4,6-7H,1-2,5,8-9,14H2. The molecule has 0 atom stereocenters. The maximum Gasteiger partial charge on any atom is 0.133 e. The van der Waals surface area contributed by atoms with Gasteiger partial charge in [-0.15, -0.1) is 0 Å². The van der Waals surface area contributed by atoms with Crippen molar-refractivity contribution in [1.82, 2.24) is 0 Å². The zero-order chi connectivity index (χ0) is 11.1. The van der Waals surface area contributed by atoms with Crippen molar-refractivity contribution < 1.29 is 4.79 Å². The highest BCUT2D eigenvalue weighted by molar-refractivity contribution is 9.10. The van der Waals surface area contributed by atoms with Crippen LogP contribution >= 0.6 is 15.9 Å². The molecule has 0 bridgehead atoms. The molecule has 0 aliphatic heterocycles. The molecule has 82 valence electrons. The van der Waals surface area contributed by atoms with Gasteiger partial charge >= 0.3 is 0 Å². The van der Waals surface area contributed by atoms with Gasteiger partial charge in [0.1, 0.15) is 5.78 Å². The van der Waals surface area contributed by atoms with Gasteiger partial charge in [-0.25, -0.2) is 0 Å². The van der Waals surface area contributed by atoms with Crippen LogP contribution < -0.4 is 5.73 Å². The first-order valence-electron chi connectivity index (χ1n) is 5.18. The summed E-state index contributed by atoms with van der Waals surface area (Å²) in [6.07, 6.45) is 2.88. The summed E-state index contributed by atoms with van der Waals surface area (Å²) in [6, 6.07) is 8.08. The van der Waals surface area contributed by atoms with Crippen LogP contribution in [0.1, 0.15) is 24.8 Å². The van der Waals surface area contributed by atoms with Gasteiger partial charge in [0, 0.05) is 17.3 Å². The van der Waals surface area contributed by atoms with Crippen LogP contribution in [0.2, 0.25) is 0 Å². The molecule has 1 rings (SSSR count). The summed E-state index contributed by atoms with van der Waals surface area (Å²) in [5.41, 5.74) is 6.55. The number of benzene rings is 1. The number of aryl methyl sites for hydroxylation is 1. The van der Waals surface area contributed by atoms with E-state index in [9.17, 15) is 4.79 Å². The van der Waals surface area contributed by atoms with Crippen LogP contribution in [0.3, 0.4) is 0 Å². The summed E-state index contributed by atoms with van der Waals surface area (Å²) in [5.74, 6) is 0.309. The number of carbonyl (C=O) groups excluding carboxylic acids is 1. The van der Waals surface area contributed by atoms with E-state index < -0.39 is 0 Å². The number of hydrogen-bond donors (Lipinski definition) is 1. The molecule has 0 aliphatic rings. The predicted molar refractivity (Wildman–Crippen MR) is 65.8 cm³/mol. The third kappa shape index (κ3) is 5.09. The summed E-state index contributed by atoms with van der Waals surface area (Å²) in [4.78, 5) is 11.4. The first kappa shape index (κ1) is 12.4. The maximum absolute atomic E-state index is 11.4. The molecule has 0 heterocycles. The summed E-state index contributed by atoms with van der Waals surface area (Å²) >= 11 is 3.38. The highest BCUT2D eigenvalue weighted by Gasteiger charge is 2.01. The fourth-order valence-corrected chi connectivity index (χ4v) is 1.62. The van der Waals surface area contributed by atoms with Gasteiger partial charge < -0.3 is 5.73 Å². The molecular weight excluding hydrogens is 254 g/mol. The van der Waals surface area contributed by atoms with E-state index in [2.05, 4.69) is 15.9 Å². The molecule has 1 aromatic rings. The number of Topliss-reactive ketones (excluding diaryl/α,β-unsaturated/α-hetero) is 1. The van der Waals surface area contributed by atoms with E-state index >= 15 is 0 Å².